The fourth-order valence-electron chi connectivity index (χ4n) is 1.55. The summed E-state index contributed by atoms with van der Waals surface area (Å²) in [6.45, 7) is 2.58. The minimum Gasteiger partial charge on any atom is -0.497 e. The molecular weight excluding hydrogens is 262 g/mol. The molecule has 0 aromatic heterocycles. The highest BCUT2D eigenvalue weighted by Gasteiger charge is 2.06. The molecular formula is C14H20ClN3O. The summed E-state index contributed by atoms with van der Waals surface area (Å²) in [5.74, 6) is 0.826. The van der Waals surface area contributed by atoms with Gasteiger partial charge in [-0.25, -0.2) is 0 Å². The van der Waals surface area contributed by atoms with Gasteiger partial charge in [-0.2, -0.15) is 0 Å². The molecule has 0 atom stereocenters. The van der Waals surface area contributed by atoms with Crippen LogP contribution in [0.25, 0.3) is 0 Å². The number of benzene rings is 1. The highest BCUT2D eigenvalue weighted by molar-refractivity contribution is 6.31. The first kappa shape index (κ1) is 15.2. The molecule has 0 aliphatic heterocycles. The lowest BCUT2D eigenvalue weighted by Crippen LogP contribution is -2.19. The minimum absolute atomic E-state index is 0.424. The van der Waals surface area contributed by atoms with E-state index in [0.717, 1.165) is 11.3 Å². The van der Waals surface area contributed by atoms with Crippen molar-refractivity contribution >= 4 is 11.6 Å². The van der Waals surface area contributed by atoms with Gasteiger partial charge < -0.3 is 21.5 Å². The highest BCUT2D eigenvalue weighted by atomic mass is 35.5. The van der Waals surface area contributed by atoms with Crippen LogP contribution in [0.3, 0.4) is 0 Å². The third-order valence-electron chi connectivity index (χ3n) is 2.72. The summed E-state index contributed by atoms with van der Waals surface area (Å²) in [5, 5.41) is 3.63. The van der Waals surface area contributed by atoms with E-state index in [2.05, 4.69) is 5.32 Å². The third kappa shape index (κ3) is 4.41. The first-order valence-corrected chi connectivity index (χ1v) is 6.43. The van der Waals surface area contributed by atoms with Gasteiger partial charge in [-0.15, -0.1) is 0 Å². The normalized spacial score (nSPS) is 12.9. The number of hydrogen-bond acceptors (Lipinski definition) is 4. The fraction of sp³-hybridized carbons (Fsp3) is 0.286. The van der Waals surface area contributed by atoms with Crippen LogP contribution in [-0.2, 0) is 6.54 Å². The second kappa shape index (κ2) is 7.59. The number of methoxy groups -OCH3 is 1. The SMILES string of the molecule is CC/C(N)=C(NCc1ccc(OC)cc1)/C(Cl)=C\N. The molecule has 5 N–H and O–H groups in total. The van der Waals surface area contributed by atoms with Gasteiger partial charge in [0, 0.05) is 18.4 Å². The van der Waals surface area contributed by atoms with Gasteiger partial charge in [0.2, 0.25) is 0 Å². The van der Waals surface area contributed by atoms with E-state index in [9.17, 15) is 0 Å². The lowest BCUT2D eigenvalue weighted by molar-refractivity contribution is 0.414. The molecule has 1 aromatic rings. The summed E-state index contributed by atoms with van der Waals surface area (Å²) in [5.41, 5.74) is 13.8. The zero-order valence-electron chi connectivity index (χ0n) is 11.2. The first-order valence-electron chi connectivity index (χ1n) is 6.05. The van der Waals surface area contributed by atoms with E-state index in [1.165, 1.54) is 6.20 Å². The molecule has 0 saturated heterocycles. The summed E-state index contributed by atoms with van der Waals surface area (Å²) < 4.78 is 5.11. The van der Waals surface area contributed by atoms with Crippen molar-refractivity contribution in [3.8, 4) is 5.75 Å². The van der Waals surface area contributed by atoms with Crippen LogP contribution in [0, 0.1) is 0 Å². The smallest absolute Gasteiger partial charge is 0.118 e. The van der Waals surface area contributed by atoms with Crippen LogP contribution in [0.5, 0.6) is 5.75 Å². The number of rotatable bonds is 6. The maximum Gasteiger partial charge on any atom is 0.118 e. The van der Waals surface area contributed by atoms with E-state index in [-0.39, 0.29) is 0 Å². The molecule has 1 rings (SSSR count). The van der Waals surface area contributed by atoms with Crippen LogP contribution in [0.15, 0.2) is 46.9 Å². The Kier molecular flexibility index (Phi) is 6.09. The van der Waals surface area contributed by atoms with Gasteiger partial charge in [-0.05, 0) is 24.1 Å². The van der Waals surface area contributed by atoms with Gasteiger partial charge in [0.05, 0.1) is 17.8 Å². The van der Waals surface area contributed by atoms with Gasteiger partial charge in [-0.1, -0.05) is 30.7 Å². The van der Waals surface area contributed by atoms with E-state index in [1.54, 1.807) is 7.11 Å². The van der Waals surface area contributed by atoms with E-state index in [0.29, 0.717) is 29.4 Å². The largest absolute Gasteiger partial charge is 0.497 e. The molecule has 0 aliphatic carbocycles. The second-order valence-electron chi connectivity index (χ2n) is 3.97. The topological polar surface area (TPSA) is 73.3 Å². The molecule has 0 radical (unpaired) electrons. The molecule has 0 bridgehead atoms. The molecule has 19 heavy (non-hydrogen) atoms. The second-order valence-corrected chi connectivity index (χ2v) is 4.38. The van der Waals surface area contributed by atoms with Gasteiger partial charge >= 0.3 is 0 Å². The molecule has 0 aliphatic rings. The van der Waals surface area contributed by atoms with Gasteiger partial charge in [-0.3, -0.25) is 0 Å². The van der Waals surface area contributed by atoms with Crippen molar-refractivity contribution in [2.45, 2.75) is 19.9 Å². The van der Waals surface area contributed by atoms with Gasteiger partial charge in [0.1, 0.15) is 5.75 Å². The molecule has 5 heteroatoms. The predicted octanol–water partition coefficient (Wildman–Crippen LogP) is 2.40. The van der Waals surface area contributed by atoms with Crippen molar-refractivity contribution in [2.24, 2.45) is 11.5 Å². The highest BCUT2D eigenvalue weighted by Crippen LogP contribution is 2.16. The van der Waals surface area contributed by atoms with Crippen molar-refractivity contribution in [3.05, 3.63) is 52.5 Å². The van der Waals surface area contributed by atoms with Crippen LogP contribution in [-0.4, -0.2) is 7.11 Å². The predicted molar refractivity (Wildman–Crippen MR) is 79.5 cm³/mol. The Hall–Kier alpha value is -1.81. The third-order valence-corrected chi connectivity index (χ3v) is 3.03. The summed E-state index contributed by atoms with van der Waals surface area (Å²) in [4.78, 5) is 0. The average Bonchev–Trinajstić information content (AvgIpc) is 2.47. The molecule has 104 valence electrons. The Morgan fingerprint density at radius 2 is 2.00 bits per heavy atom. The Bertz CT molecular complexity index is 466. The fourth-order valence-corrected chi connectivity index (χ4v) is 1.73. The standard InChI is InChI=1S/C14H20ClN3O/c1-3-13(17)14(12(15)8-16)18-9-10-4-6-11(19-2)7-5-10/h4-8,18H,3,9,16-17H2,1-2H3/b12-8+,14-13+. The average molecular weight is 282 g/mol. The van der Waals surface area contributed by atoms with E-state index < -0.39 is 0 Å². The van der Waals surface area contributed by atoms with Crippen molar-refractivity contribution < 1.29 is 4.74 Å². The van der Waals surface area contributed by atoms with Crippen LogP contribution in [0.1, 0.15) is 18.9 Å². The number of hydrogen-bond donors (Lipinski definition) is 3. The van der Waals surface area contributed by atoms with Crippen LogP contribution >= 0.6 is 11.6 Å². The maximum atomic E-state index is 6.03. The lowest BCUT2D eigenvalue weighted by Gasteiger charge is -2.13. The molecule has 0 heterocycles. The van der Waals surface area contributed by atoms with Crippen LogP contribution in [0.4, 0.5) is 0 Å². The van der Waals surface area contributed by atoms with Gasteiger partial charge in [0.15, 0.2) is 0 Å². The molecule has 0 fully saturated rings. The summed E-state index contributed by atoms with van der Waals surface area (Å²) in [6.07, 6.45) is 2.04. The molecule has 0 saturated carbocycles. The lowest BCUT2D eigenvalue weighted by atomic mass is 10.2. The summed E-state index contributed by atoms with van der Waals surface area (Å²) >= 11 is 6.03. The zero-order valence-corrected chi connectivity index (χ0v) is 12.0. The minimum atomic E-state index is 0.424. The molecule has 0 amide bonds. The quantitative estimate of drug-likeness (QED) is 0.700. The van der Waals surface area contributed by atoms with Crippen molar-refractivity contribution in [3.63, 3.8) is 0 Å². The Morgan fingerprint density at radius 1 is 1.37 bits per heavy atom. The molecule has 1 aromatic carbocycles. The Balaban J connectivity index is 2.76. The van der Waals surface area contributed by atoms with Gasteiger partial charge in [0.25, 0.3) is 0 Å². The van der Waals surface area contributed by atoms with Crippen LogP contribution < -0.4 is 21.5 Å². The zero-order chi connectivity index (χ0) is 14.3. The Labute approximate surface area is 119 Å². The Morgan fingerprint density at radius 3 is 2.47 bits per heavy atom. The molecule has 0 unspecified atom stereocenters. The number of nitrogens with one attached hydrogen (secondary N) is 1. The number of halogens is 1. The first-order chi connectivity index (χ1) is 9.12. The summed E-state index contributed by atoms with van der Waals surface area (Å²) in [7, 11) is 1.64. The van der Waals surface area contributed by atoms with E-state index in [4.69, 9.17) is 27.8 Å². The van der Waals surface area contributed by atoms with Crippen molar-refractivity contribution in [1.82, 2.24) is 5.32 Å². The number of nitrogens with two attached hydrogens (primary N) is 2. The van der Waals surface area contributed by atoms with E-state index in [1.807, 2.05) is 31.2 Å². The number of allylic oxidation sites excluding steroid dienone is 2. The van der Waals surface area contributed by atoms with E-state index >= 15 is 0 Å². The molecule has 0 spiro atoms. The monoisotopic (exact) mass is 281 g/mol. The van der Waals surface area contributed by atoms with Crippen molar-refractivity contribution in [2.75, 3.05) is 7.11 Å². The maximum absolute atomic E-state index is 6.03. The summed E-state index contributed by atoms with van der Waals surface area (Å²) in [6, 6.07) is 7.77. The van der Waals surface area contributed by atoms with Crippen molar-refractivity contribution in [1.29, 1.82) is 0 Å². The number of ether oxygens (including phenoxy) is 1. The molecule has 4 nitrogen and oxygen atoms in total. The van der Waals surface area contributed by atoms with Crippen LogP contribution in [0.2, 0.25) is 0 Å².